The summed E-state index contributed by atoms with van der Waals surface area (Å²) in [7, 11) is 0. The number of esters is 2. The van der Waals surface area contributed by atoms with Crippen molar-refractivity contribution in [3.05, 3.63) is 82.1 Å². The Hall–Kier alpha value is -6.55. The third kappa shape index (κ3) is 19.5. The molecule has 4 heterocycles. The molecule has 0 bridgehead atoms. The molecule has 0 unspecified atom stereocenters. The minimum absolute atomic E-state index is 0.164. The first-order valence-electron chi connectivity index (χ1n) is 21.9. The SMILES string of the molecule is CC(=O)Nc1ccn(C(=O)N2CCN(Cc3ccc(Cl)cc3OCC(=O)OC(C)(C)C)CC2)n1.CC(=O)Nc1ccn(C(=O)N2CCNCC2)n1.CC(C)(C)OC(=O)COc1cc(Cl)ccc1C=O. The van der Waals surface area contributed by atoms with E-state index in [1.807, 2.05) is 6.07 Å². The van der Waals surface area contributed by atoms with Gasteiger partial charge in [0.05, 0.1) is 5.56 Å². The van der Waals surface area contributed by atoms with Gasteiger partial charge in [0, 0.05) is 113 Å². The molecular formula is C46H60Cl2N10O11. The summed E-state index contributed by atoms with van der Waals surface area (Å²) in [6.45, 7) is 18.9. The second-order valence-electron chi connectivity index (χ2n) is 17.5. The Kier molecular flexibility index (Phi) is 20.5. The molecule has 2 aliphatic heterocycles. The number of hydrogen-bond donors (Lipinski definition) is 3. The molecule has 3 N–H and O–H groups in total. The number of halogens is 2. The number of nitrogens with one attached hydrogen (secondary N) is 3. The van der Waals surface area contributed by atoms with Crippen molar-refractivity contribution in [3.8, 4) is 11.5 Å². The predicted molar refractivity (Wildman–Crippen MR) is 257 cm³/mol. The van der Waals surface area contributed by atoms with Gasteiger partial charge in [-0.2, -0.15) is 9.36 Å². The minimum atomic E-state index is -0.587. The van der Waals surface area contributed by atoms with Crippen molar-refractivity contribution in [1.82, 2.24) is 39.6 Å². The molecule has 21 nitrogen and oxygen atoms in total. The normalized spacial score (nSPS) is 13.9. The molecule has 4 amide bonds. The maximum Gasteiger partial charge on any atom is 0.344 e. The number of hydrogen-bond acceptors (Lipinski definition) is 15. The fourth-order valence-corrected chi connectivity index (χ4v) is 6.70. The molecule has 0 saturated carbocycles. The summed E-state index contributed by atoms with van der Waals surface area (Å²) in [5.74, 6) is 0.113. The lowest BCUT2D eigenvalue weighted by atomic mass is 10.1. The van der Waals surface area contributed by atoms with Crippen LogP contribution in [0.25, 0.3) is 0 Å². The molecule has 0 atom stereocenters. The number of amides is 4. The van der Waals surface area contributed by atoms with Crippen molar-refractivity contribution in [2.24, 2.45) is 0 Å². The number of aldehydes is 1. The van der Waals surface area contributed by atoms with E-state index in [4.69, 9.17) is 42.1 Å². The van der Waals surface area contributed by atoms with E-state index in [1.54, 1.807) is 87.9 Å². The molecule has 4 aromatic rings. The topological polar surface area (TPSA) is 238 Å². The summed E-state index contributed by atoms with van der Waals surface area (Å²) in [5.41, 5.74) is 0.0706. The summed E-state index contributed by atoms with van der Waals surface area (Å²) in [6.07, 6.45) is 3.72. The Morgan fingerprint density at radius 1 is 0.652 bits per heavy atom. The average Bonchev–Trinajstić information content (AvgIpc) is 3.94. The fourth-order valence-electron chi connectivity index (χ4n) is 6.38. The van der Waals surface area contributed by atoms with Crippen LogP contribution in [0.2, 0.25) is 10.0 Å². The van der Waals surface area contributed by atoms with Gasteiger partial charge in [-0.3, -0.25) is 19.3 Å². The molecule has 0 spiro atoms. The Morgan fingerprint density at radius 2 is 1.10 bits per heavy atom. The van der Waals surface area contributed by atoms with Crippen molar-refractivity contribution < 1.29 is 52.5 Å². The Labute approximate surface area is 410 Å². The summed E-state index contributed by atoms with van der Waals surface area (Å²) >= 11 is 11.9. The Balaban J connectivity index is 0.000000249. The second kappa shape index (κ2) is 25.7. The standard InChI is InChI=1S/C23H30ClN5O5.C13H15ClO4.C10H15N5O2/c1-16(30)25-20-7-8-29(26-20)22(32)28-11-9-27(10-12-28)14-17-5-6-18(24)13-19(17)33-15-21(31)34-23(2,3)4;1-13(2,3)18-12(16)8-17-11-6-10(14)5-4-9(11)7-15;1-8(16)12-9-2-5-15(13-9)10(17)14-6-3-11-4-7-14/h5-8,13H,9-12,14-15H2,1-4H3,(H,25,26,30);4-7H,8H2,1-3H3;2,5,11H,3-4,6-7H2,1H3,(H,12,13,16). The highest BCUT2D eigenvalue weighted by Gasteiger charge is 2.25. The van der Waals surface area contributed by atoms with E-state index in [2.05, 4.69) is 31.0 Å². The van der Waals surface area contributed by atoms with Crippen molar-refractivity contribution in [2.45, 2.75) is 73.1 Å². The zero-order valence-corrected chi connectivity index (χ0v) is 41.5. The number of ether oxygens (including phenoxy) is 4. The molecule has 2 saturated heterocycles. The summed E-state index contributed by atoms with van der Waals surface area (Å²) in [6, 6.07) is 12.7. The van der Waals surface area contributed by atoms with Gasteiger partial charge in [0.25, 0.3) is 0 Å². The fraction of sp³-hybridized carbons (Fsp3) is 0.457. The number of piperazine rings is 2. The van der Waals surface area contributed by atoms with Crippen molar-refractivity contribution in [1.29, 1.82) is 0 Å². The van der Waals surface area contributed by atoms with Crippen LogP contribution in [-0.4, -0.2) is 153 Å². The quantitative estimate of drug-likeness (QED) is 0.123. The van der Waals surface area contributed by atoms with Crippen LogP contribution in [0.5, 0.6) is 11.5 Å². The first kappa shape index (κ1) is 55.0. The number of nitrogens with zero attached hydrogens (tertiary/aromatic N) is 7. The Morgan fingerprint density at radius 3 is 1.57 bits per heavy atom. The van der Waals surface area contributed by atoms with E-state index in [0.29, 0.717) is 85.1 Å². The minimum Gasteiger partial charge on any atom is -0.482 e. The van der Waals surface area contributed by atoms with Crippen LogP contribution in [0.4, 0.5) is 21.2 Å². The lowest BCUT2D eigenvalue weighted by Gasteiger charge is -2.34. The maximum atomic E-state index is 12.7. The predicted octanol–water partition coefficient (Wildman–Crippen LogP) is 5.59. The van der Waals surface area contributed by atoms with Crippen LogP contribution < -0.4 is 25.4 Å². The number of carbonyl (C=O) groups excluding carboxylic acids is 7. The van der Waals surface area contributed by atoms with E-state index in [9.17, 15) is 33.6 Å². The van der Waals surface area contributed by atoms with Gasteiger partial charge < -0.3 is 44.7 Å². The maximum absolute atomic E-state index is 12.7. The van der Waals surface area contributed by atoms with Gasteiger partial charge in [0.2, 0.25) is 11.8 Å². The molecule has 6 rings (SSSR count). The molecule has 374 valence electrons. The highest BCUT2D eigenvalue weighted by atomic mass is 35.5. The number of carbonyl (C=O) groups is 7. The number of anilines is 2. The van der Waals surface area contributed by atoms with E-state index in [-0.39, 0.29) is 42.8 Å². The average molecular weight is 1000 g/mol. The Bertz CT molecular complexity index is 2420. The van der Waals surface area contributed by atoms with Crippen LogP contribution in [0, 0.1) is 0 Å². The van der Waals surface area contributed by atoms with Gasteiger partial charge in [-0.15, -0.1) is 10.2 Å². The van der Waals surface area contributed by atoms with Gasteiger partial charge in [0.15, 0.2) is 31.1 Å². The van der Waals surface area contributed by atoms with E-state index < -0.39 is 23.1 Å². The largest absolute Gasteiger partial charge is 0.482 e. The van der Waals surface area contributed by atoms with E-state index in [1.165, 1.54) is 41.5 Å². The van der Waals surface area contributed by atoms with E-state index in [0.717, 1.165) is 18.7 Å². The van der Waals surface area contributed by atoms with Crippen LogP contribution in [-0.2, 0) is 35.2 Å². The molecule has 69 heavy (non-hydrogen) atoms. The van der Waals surface area contributed by atoms with Crippen molar-refractivity contribution in [3.63, 3.8) is 0 Å². The van der Waals surface area contributed by atoms with Gasteiger partial charge in [-0.05, 0) is 71.9 Å². The highest BCUT2D eigenvalue weighted by molar-refractivity contribution is 6.31. The molecule has 0 radical (unpaired) electrons. The molecule has 0 aliphatic carbocycles. The number of aromatic nitrogens is 4. The zero-order chi connectivity index (χ0) is 50.9. The summed E-state index contributed by atoms with van der Waals surface area (Å²) in [5, 5.41) is 17.3. The lowest BCUT2D eigenvalue weighted by molar-refractivity contribution is -0.158. The number of benzene rings is 2. The third-order valence-electron chi connectivity index (χ3n) is 9.27. The summed E-state index contributed by atoms with van der Waals surface area (Å²) in [4.78, 5) is 86.6. The van der Waals surface area contributed by atoms with Gasteiger partial charge >= 0.3 is 24.0 Å². The van der Waals surface area contributed by atoms with Crippen LogP contribution in [0.3, 0.4) is 0 Å². The first-order chi connectivity index (χ1) is 32.5. The van der Waals surface area contributed by atoms with E-state index >= 15 is 0 Å². The summed E-state index contributed by atoms with van der Waals surface area (Å²) < 4.78 is 23.8. The van der Waals surface area contributed by atoms with Gasteiger partial charge in [-0.1, -0.05) is 29.3 Å². The van der Waals surface area contributed by atoms with Gasteiger partial charge in [-0.25, -0.2) is 19.2 Å². The van der Waals surface area contributed by atoms with Gasteiger partial charge in [0.1, 0.15) is 22.7 Å². The first-order valence-corrected chi connectivity index (χ1v) is 22.6. The molecule has 2 aromatic carbocycles. The number of rotatable bonds is 11. The highest BCUT2D eigenvalue weighted by Crippen LogP contribution is 2.26. The molecular weight excluding hydrogens is 939 g/mol. The zero-order valence-electron chi connectivity index (χ0n) is 40.0. The molecule has 2 aromatic heterocycles. The van der Waals surface area contributed by atoms with Crippen LogP contribution in [0.1, 0.15) is 71.3 Å². The smallest absolute Gasteiger partial charge is 0.344 e. The molecule has 23 heteroatoms. The monoisotopic (exact) mass is 998 g/mol. The van der Waals surface area contributed by atoms with Crippen molar-refractivity contribution >= 4 is 76.9 Å². The third-order valence-corrected chi connectivity index (χ3v) is 9.74. The molecule has 2 aliphatic rings. The molecule has 2 fully saturated rings. The second-order valence-corrected chi connectivity index (χ2v) is 18.4. The lowest BCUT2D eigenvalue weighted by Crippen LogP contribution is -2.49. The van der Waals surface area contributed by atoms with Crippen molar-refractivity contribution in [2.75, 3.05) is 76.2 Å². The van der Waals surface area contributed by atoms with Crippen LogP contribution >= 0.6 is 23.2 Å². The van der Waals surface area contributed by atoms with Crippen LogP contribution in [0.15, 0.2) is 60.9 Å².